The second kappa shape index (κ2) is 8.12. The predicted octanol–water partition coefficient (Wildman–Crippen LogP) is 0.612. The van der Waals surface area contributed by atoms with Gasteiger partial charge in [-0.2, -0.15) is 0 Å². The van der Waals surface area contributed by atoms with Crippen LogP contribution < -0.4 is 15.4 Å². The summed E-state index contributed by atoms with van der Waals surface area (Å²) in [6.45, 7) is 5.82. The molecule has 6 nitrogen and oxygen atoms in total. The van der Waals surface area contributed by atoms with E-state index in [1.165, 1.54) is 0 Å². The number of aliphatic hydroxyl groups excluding tert-OH is 1. The molecule has 2 atom stereocenters. The van der Waals surface area contributed by atoms with Gasteiger partial charge in [0.05, 0.1) is 18.8 Å². The molecule has 0 radical (unpaired) electrons. The molecule has 0 saturated carbocycles. The Morgan fingerprint density at radius 2 is 2.36 bits per heavy atom. The number of hydrogen-bond donors (Lipinski definition) is 3. The first-order chi connectivity index (χ1) is 10.6. The predicted molar refractivity (Wildman–Crippen MR) is 82.8 cm³/mol. The lowest BCUT2D eigenvalue weighted by molar-refractivity contribution is -0.134. The average Bonchev–Trinajstić information content (AvgIpc) is 2.52. The number of carbonyl (C=O) groups excluding carboxylic acids is 1. The number of amides is 1. The lowest BCUT2D eigenvalue weighted by Gasteiger charge is -2.23. The number of benzene rings is 1. The molecule has 1 saturated heterocycles. The van der Waals surface area contributed by atoms with Gasteiger partial charge >= 0.3 is 0 Å². The van der Waals surface area contributed by atoms with Crippen molar-refractivity contribution in [2.75, 3.05) is 26.2 Å². The van der Waals surface area contributed by atoms with Gasteiger partial charge in [-0.25, -0.2) is 0 Å². The summed E-state index contributed by atoms with van der Waals surface area (Å²) in [6, 6.07) is 7.26. The number of aliphatic hydroxyl groups is 1. The van der Waals surface area contributed by atoms with Crippen LogP contribution in [0, 0.1) is 0 Å². The summed E-state index contributed by atoms with van der Waals surface area (Å²) in [5.74, 6) is 0.499. The normalized spacial score (nSPS) is 19.7. The molecule has 0 aromatic heterocycles. The fourth-order valence-corrected chi connectivity index (χ4v) is 2.23. The largest absolute Gasteiger partial charge is 0.491 e. The molecule has 2 unspecified atom stereocenters. The molecule has 122 valence electrons. The third-order valence-electron chi connectivity index (χ3n) is 3.30. The number of hydrogen-bond acceptors (Lipinski definition) is 5. The highest BCUT2D eigenvalue weighted by molar-refractivity contribution is 5.81. The maximum absolute atomic E-state index is 11.9. The molecular formula is C16H24N2O4. The Hall–Kier alpha value is -1.63. The third-order valence-corrected chi connectivity index (χ3v) is 3.30. The fraction of sp³-hybridized carbons (Fsp3) is 0.562. The van der Waals surface area contributed by atoms with Crippen LogP contribution in [0.2, 0.25) is 0 Å². The summed E-state index contributed by atoms with van der Waals surface area (Å²) < 4.78 is 11.0. The first-order valence-electron chi connectivity index (χ1n) is 7.61. The zero-order chi connectivity index (χ0) is 15.9. The Morgan fingerprint density at radius 1 is 1.55 bits per heavy atom. The van der Waals surface area contributed by atoms with Gasteiger partial charge in [-0.15, -0.1) is 0 Å². The summed E-state index contributed by atoms with van der Waals surface area (Å²) in [7, 11) is 0. The van der Waals surface area contributed by atoms with Gasteiger partial charge in [0, 0.05) is 19.6 Å². The summed E-state index contributed by atoms with van der Waals surface area (Å²) in [4.78, 5) is 11.9. The van der Waals surface area contributed by atoms with Crippen molar-refractivity contribution in [1.82, 2.24) is 10.6 Å². The lowest BCUT2D eigenvalue weighted by Crippen LogP contribution is -2.48. The minimum absolute atomic E-state index is 0.0723. The Morgan fingerprint density at radius 3 is 3.05 bits per heavy atom. The molecule has 0 spiro atoms. The van der Waals surface area contributed by atoms with E-state index in [2.05, 4.69) is 10.6 Å². The minimum atomic E-state index is -0.781. The van der Waals surface area contributed by atoms with E-state index in [0.717, 1.165) is 6.54 Å². The molecule has 2 rings (SSSR count). The molecule has 1 aliphatic rings. The zero-order valence-corrected chi connectivity index (χ0v) is 13.0. The van der Waals surface area contributed by atoms with Crippen LogP contribution in [0.4, 0.5) is 0 Å². The van der Waals surface area contributed by atoms with E-state index in [-0.39, 0.29) is 18.6 Å². The maximum Gasteiger partial charge on any atom is 0.250 e. The Bertz CT molecular complexity index is 487. The van der Waals surface area contributed by atoms with Crippen molar-refractivity contribution in [1.29, 1.82) is 0 Å². The molecule has 0 aliphatic carbocycles. The highest BCUT2D eigenvalue weighted by atomic mass is 16.5. The van der Waals surface area contributed by atoms with Gasteiger partial charge in [0.1, 0.15) is 11.9 Å². The van der Waals surface area contributed by atoms with Crippen molar-refractivity contribution < 1.29 is 19.4 Å². The standard InChI is InChI=1S/C16H24N2O4/c1-11(2)22-13-5-3-4-12(8-13)14(19)9-18-16(20)15-10-17-6-7-21-15/h3-5,8,11,14-15,17,19H,6-7,9-10H2,1-2H3,(H,18,20). The van der Waals surface area contributed by atoms with Crippen molar-refractivity contribution in [2.45, 2.75) is 32.2 Å². The van der Waals surface area contributed by atoms with Gasteiger partial charge in [0.15, 0.2) is 0 Å². The van der Waals surface area contributed by atoms with Crippen LogP contribution in [0.5, 0.6) is 5.75 Å². The molecule has 1 heterocycles. The highest BCUT2D eigenvalue weighted by Crippen LogP contribution is 2.20. The van der Waals surface area contributed by atoms with E-state index >= 15 is 0 Å². The first kappa shape index (κ1) is 16.7. The van der Waals surface area contributed by atoms with E-state index in [4.69, 9.17) is 9.47 Å². The number of ether oxygens (including phenoxy) is 2. The Balaban J connectivity index is 1.86. The average molecular weight is 308 g/mol. The topological polar surface area (TPSA) is 79.8 Å². The molecule has 1 aromatic rings. The van der Waals surface area contributed by atoms with E-state index in [9.17, 15) is 9.90 Å². The van der Waals surface area contributed by atoms with Gasteiger partial charge in [0.25, 0.3) is 5.91 Å². The van der Waals surface area contributed by atoms with E-state index in [1.807, 2.05) is 32.0 Å². The van der Waals surface area contributed by atoms with Gasteiger partial charge < -0.3 is 25.2 Å². The smallest absolute Gasteiger partial charge is 0.250 e. The molecule has 1 aromatic carbocycles. The second-order valence-corrected chi connectivity index (χ2v) is 5.56. The van der Waals surface area contributed by atoms with Crippen molar-refractivity contribution in [3.05, 3.63) is 29.8 Å². The minimum Gasteiger partial charge on any atom is -0.491 e. The molecular weight excluding hydrogens is 284 g/mol. The SMILES string of the molecule is CC(C)Oc1cccc(C(O)CNC(=O)C2CNCCO2)c1. The highest BCUT2D eigenvalue weighted by Gasteiger charge is 2.22. The summed E-state index contributed by atoms with van der Waals surface area (Å²) in [6.07, 6.45) is -1.20. The Kier molecular flexibility index (Phi) is 6.18. The Labute approximate surface area is 130 Å². The van der Waals surface area contributed by atoms with Crippen LogP contribution in [0.1, 0.15) is 25.5 Å². The molecule has 1 amide bonds. The van der Waals surface area contributed by atoms with Crippen LogP contribution >= 0.6 is 0 Å². The number of rotatable bonds is 6. The van der Waals surface area contributed by atoms with Crippen LogP contribution in [-0.2, 0) is 9.53 Å². The fourth-order valence-electron chi connectivity index (χ4n) is 2.23. The number of nitrogens with one attached hydrogen (secondary N) is 2. The molecule has 3 N–H and O–H groups in total. The monoisotopic (exact) mass is 308 g/mol. The van der Waals surface area contributed by atoms with Gasteiger partial charge in [-0.05, 0) is 31.5 Å². The van der Waals surface area contributed by atoms with Crippen molar-refractivity contribution in [2.24, 2.45) is 0 Å². The van der Waals surface area contributed by atoms with Crippen LogP contribution in [0.3, 0.4) is 0 Å². The van der Waals surface area contributed by atoms with Gasteiger partial charge in [-0.3, -0.25) is 4.79 Å². The molecule has 22 heavy (non-hydrogen) atoms. The van der Waals surface area contributed by atoms with Gasteiger partial charge in [0.2, 0.25) is 0 Å². The van der Waals surface area contributed by atoms with Crippen molar-refractivity contribution in [3.8, 4) is 5.75 Å². The molecule has 1 fully saturated rings. The summed E-state index contributed by atoms with van der Waals surface area (Å²) in [5, 5.41) is 16.0. The second-order valence-electron chi connectivity index (χ2n) is 5.56. The number of carbonyl (C=O) groups is 1. The van der Waals surface area contributed by atoms with Gasteiger partial charge in [-0.1, -0.05) is 12.1 Å². The molecule has 6 heteroatoms. The van der Waals surface area contributed by atoms with E-state index < -0.39 is 12.2 Å². The maximum atomic E-state index is 11.9. The molecule has 1 aliphatic heterocycles. The quantitative estimate of drug-likeness (QED) is 0.717. The third kappa shape index (κ3) is 4.98. The first-order valence-corrected chi connectivity index (χ1v) is 7.61. The van der Waals surface area contributed by atoms with Crippen molar-refractivity contribution in [3.63, 3.8) is 0 Å². The summed E-state index contributed by atoms with van der Waals surface area (Å²) >= 11 is 0. The van der Waals surface area contributed by atoms with Crippen LogP contribution in [-0.4, -0.2) is 49.5 Å². The van der Waals surface area contributed by atoms with Crippen molar-refractivity contribution >= 4 is 5.91 Å². The summed E-state index contributed by atoms with van der Waals surface area (Å²) in [5.41, 5.74) is 0.709. The van der Waals surface area contributed by atoms with E-state index in [1.54, 1.807) is 6.07 Å². The van der Waals surface area contributed by atoms with Crippen LogP contribution in [0.15, 0.2) is 24.3 Å². The molecule has 0 bridgehead atoms. The zero-order valence-electron chi connectivity index (χ0n) is 13.0. The lowest BCUT2D eigenvalue weighted by atomic mass is 10.1. The van der Waals surface area contributed by atoms with Crippen LogP contribution in [0.25, 0.3) is 0 Å². The number of morpholine rings is 1. The van der Waals surface area contributed by atoms with E-state index in [0.29, 0.717) is 24.5 Å².